The van der Waals surface area contributed by atoms with Crippen LogP contribution in [0.25, 0.3) is 0 Å². The van der Waals surface area contributed by atoms with Crippen molar-refractivity contribution in [1.29, 1.82) is 5.26 Å². The molecule has 0 aliphatic carbocycles. The summed E-state index contributed by atoms with van der Waals surface area (Å²) in [7, 11) is 3.38. The maximum absolute atomic E-state index is 13.5. The highest BCUT2D eigenvalue weighted by molar-refractivity contribution is 6.07. The molecule has 2 amide bonds. The molecular weight excluding hydrogens is 368 g/mol. The molecule has 0 radical (unpaired) electrons. The van der Waals surface area contributed by atoms with E-state index >= 15 is 0 Å². The van der Waals surface area contributed by atoms with E-state index in [2.05, 4.69) is 16.1 Å². The standard InChI is InChI=1S/C21H28N6O2/c1-21(2,20(29)25(3)4)18(26-10-6-5-7-11-26)15(12-22)19(28)27-14-24-16-13-23-9-8-17(16)27/h8-9,14,16H,5-7,10-11,13H2,1-4H3. The van der Waals surface area contributed by atoms with Gasteiger partial charge in [-0.15, -0.1) is 0 Å². The molecule has 1 unspecified atom stereocenters. The Balaban J connectivity index is 2.09. The first-order valence-corrected chi connectivity index (χ1v) is 9.97. The van der Waals surface area contributed by atoms with Gasteiger partial charge in [0.15, 0.2) is 0 Å². The summed E-state index contributed by atoms with van der Waals surface area (Å²) in [6, 6.07) is 1.93. The van der Waals surface area contributed by atoms with Crippen LogP contribution in [0.3, 0.4) is 0 Å². The second kappa shape index (κ2) is 8.19. The van der Waals surface area contributed by atoms with E-state index in [9.17, 15) is 14.9 Å². The number of piperidine rings is 1. The van der Waals surface area contributed by atoms with Gasteiger partial charge in [-0.05, 0) is 39.2 Å². The molecule has 3 aliphatic heterocycles. The Hall–Kier alpha value is -2.95. The van der Waals surface area contributed by atoms with Crippen molar-refractivity contribution in [3.8, 4) is 6.07 Å². The molecule has 154 valence electrons. The predicted octanol–water partition coefficient (Wildman–Crippen LogP) is 1.57. The fraction of sp³-hybridized carbons (Fsp3) is 0.571. The van der Waals surface area contributed by atoms with Gasteiger partial charge in [0.2, 0.25) is 5.91 Å². The Bertz CT molecular complexity index is 853. The number of likely N-dealkylation sites (tertiary alicyclic amines) is 1. The Labute approximate surface area is 171 Å². The Morgan fingerprint density at radius 2 is 1.93 bits per heavy atom. The van der Waals surface area contributed by atoms with Crippen LogP contribution in [0, 0.1) is 16.7 Å². The lowest BCUT2D eigenvalue weighted by Gasteiger charge is -2.40. The van der Waals surface area contributed by atoms with Crippen LogP contribution < -0.4 is 0 Å². The molecule has 1 fully saturated rings. The van der Waals surface area contributed by atoms with Gasteiger partial charge in [0.25, 0.3) is 5.91 Å². The number of nitriles is 1. The van der Waals surface area contributed by atoms with E-state index in [1.807, 2.05) is 4.90 Å². The summed E-state index contributed by atoms with van der Waals surface area (Å²) >= 11 is 0. The Kier molecular flexibility index (Phi) is 5.87. The van der Waals surface area contributed by atoms with Crippen molar-refractivity contribution in [3.05, 3.63) is 23.0 Å². The number of amides is 2. The third kappa shape index (κ3) is 3.82. The molecule has 3 rings (SSSR count). The third-order valence-corrected chi connectivity index (χ3v) is 5.60. The van der Waals surface area contributed by atoms with Gasteiger partial charge >= 0.3 is 0 Å². The second-order valence-corrected chi connectivity index (χ2v) is 8.27. The normalized spacial score (nSPS) is 21.9. The van der Waals surface area contributed by atoms with Gasteiger partial charge < -0.3 is 9.80 Å². The van der Waals surface area contributed by atoms with E-state index in [-0.39, 0.29) is 17.5 Å². The first-order valence-electron chi connectivity index (χ1n) is 9.97. The monoisotopic (exact) mass is 396 g/mol. The van der Waals surface area contributed by atoms with Crippen molar-refractivity contribution in [2.24, 2.45) is 15.4 Å². The molecule has 0 aromatic rings. The molecule has 1 atom stereocenters. The molecule has 29 heavy (non-hydrogen) atoms. The quantitative estimate of drug-likeness (QED) is 0.533. The number of carbonyl (C=O) groups is 2. The smallest absolute Gasteiger partial charge is 0.275 e. The highest BCUT2D eigenvalue weighted by Crippen LogP contribution is 2.36. The zero-order chi connectivity index (χ0) is 21.2. The number of dihydropyridines is 1. The van der Waals surface area contributed by atoms with Crippen molar-refractivity contribution in [2.75, 3.05) is 33.7 Å². The topological polar surface area (TPSA) is 92.4 Å². The fourth-order valence-corrected chi connectivity index (χ4v) is 4.21. The number of hydrogen-bond donors (Lipinski definition) is 0. The molecule has 0 spiro atoms. The minimum atomic E-state index is -1.01. The van der Waals surface area contributed by atoms with Crippen LogP contribution in [0.2, 0.25) is 0 Å². The molecule has 0 aromatic carbocycles. The van der Waals surface area contributed by atoms with E-state index in [0.717, 1.165) is 32.4 Å². The Morgan fingerprint density at radius 1 is 1.24 bits per heavy atom. The van der Waals surface area contributed by atoms with Crippen LogP contribution in [-0.4, -0.2) is 78.8 Å². The van der Waals surface area contributed by atoms with Crippen molar-refractivity contribution in [3.63, 3.8) is 0 Å². The van der Waals surface area contributed by atoms with Crippen LogP contribution in [-0.2, 0) is 9.59 Å². The zero-order valence-corrected chi connectivity index (χ0v) is 17.6. The van der Waals surface area contributed by atoms with Gasteiger partial charge in [-0.25, -0.2) is 0 Å². The minimum Gasteiger partial charge on any atom is -0.373 e. The van der Waals surface area contributed by atoms with Gasteiger partial charge in [0, 0.05) is 33.4 Å². The molecule has 3 heterocycles. The number of carbonyl (C=O) groups excluding carboxylic acids is 2. The largest absolute Gasteiger partial charge is 0.373 e. The molecule has 0 aromatic heterocycles. The molecule has 0 N–H and O–H groups in total. The van der Waals surface area contributed by atoms with Crippen LogP contribution in [0.5, 0.6) is 0 Å². The van der Waals surface area contributed by atoms with Crippen LogP contribution in [0.1, 0.15) is 33.1 Å². The summed E-state index contributed by atoms with van der Waals surface area (Å²) < 4.78 is 0. The number of aliphatic imine (C=N–C) groups is 2. The summed E-state index contributed by atoms with van der Waals surface area (Å²) in [6.45, 7) is 5.52. The number of allylic oxidation sites excluding steroid dienone is 1. The predicted molar refractivity (Wildman–Crippen MR) is 111 cm³/mol. The summed E-state index contributed by atoms with van der Waals surface area (Å²) in [5, 5.41) is 10.0. The fourth-order valence-electron chi connectivity index (χ4n) is 4.21. The number of nitrogens with zero attached hydrogens (tertiary/aromatic N) is 6. The number of rotatable bonds is 4. The lowest BCUT2D eigenvalue weighted by molar-refractivity contribution is -0.136. The molecule has 0 bridgehead atoms. The molecule has 0 saturated carbocycles. The van der Waals surface area contributed by atoms with Crippen LogP contribution >= 0.6 is 0 Å². The minimum absolute atomic E-state index is 0.00242. The lowest BCUT2D eigenvalue weighted by atomic mass is 9.82. The van der Waals surface area contributed by atoms with Gasteiger partial charge in [-0.2, -0.15) is 5.26 Å². The zero-order valence-electron chi connectivity index (χ0n) is 17.6. The van der Waals surface area contributed by atoms with Gasteiger partial charge in [-0.1, -0.05) is 0 Å². The van der Waals surface area contributed by atoms with Crippen LogP contribution in [0.15, 0.2) is 33.0 Å². The van der Waals surface area contributed by atoms with Crippen molar-refractivity contribution >= 4 is 24.4 Å². The first-order chi connectivity index (χ1) is 13.8. The number of fused-ring (bicyclic) bond motifs is 1. The van der Waals surface area contributed by atoms with E-state index in [0.29, 0.717) is 17.9 Å². The highest BCUT2D eigenvalue weighted by atomic mass is 16.2. The van der Waals surface area contributed by atoms with Gasteiger partial charge in [-0.3, -0.25) is 24.5 Å². The molecule has 1 saturated heterocycles. The van der Waals surface area contributed by atoms with Crippen LogP contribution in [0.4, 0.5) is 0 Å². The average molecular weight is 396 g/mol. The summed E-state index contributed by atoms with van der Waals surface area (Å²) in [5.41, 5.74) is 0.209. The molecule has 8 nitrogen and oxygen atoms in total. The summed E-state index contributed by atoms with van der Waals surface area (Å²) in [4.78, 5) is 40.0. The van der Waals surface area contributed by atoms with E-state index in [4.69, 9.17) is 0 Å². The molecule has 3 aliphatic rings. The maximum Gasteiger partial charge on any atom is 0.275 e. The maximum atomic E-state index is 13.5. The summed E-state index contributed by atoms with van der Waals surface area (Å²) in [6.07, 6.45) is 7.93. The number of hydrogen-bond acceptors (Lipinski definition) is 6. The van der Waals surface area contributed by atoms with Gasteiger partial charge in [0.1, 0.15) is 17.7 Å². The van der Waals surface area contributed by atoms with E-state index < -0.39 is 11.3 Å². The van der Waals surface area contributed by atoms with Crippen molar-refractivity contribution in [2.45, 2.75) is 39.2 Å². The van der Waals surface area contributed by atoms with E-state index in [1.54, 1.807) is 40.2 Å². The lowest BCUT2D eigenvalue weighted by Crippen LogP contribution is -2.46. The average Bonchev–Trinajstić information content (AvgIpc) is 3.15. The van der Waals surface area contributed by atoms with Crippen molar-refractivity contribution < 1.29 is 9.59 Å². The molecule has 8 heteroatoms. The summed E-state index contributed by atoms with van der Waals surface area (Å²) in [5.74, 6) is -0.587. The van der Waals surface area contributed by atoms with E-state index in [1.165, 1.54) is 16.1 Å². The Morgan fingerprint density at radius 3 is 2.55 bits per heavy atom. The first kappa shape index (κ1) is 20.8. The SMILES string of the molecule is CN(C)C(=O)C(C)(C)C(=C(C#N)C(=O)N1C=NC2CN=CC=C21)N1CCCCC1. The van der Waals surface area contributed by atoms with Crippen molar-refractivity contribution in [1.82, 2.24) is 14.7 Å². The van der Waals surface area contributed by atoms with Gasteiger partial charge in [0.05, 0.1) is 29.7 Å². The second-order valence-electron chi connectivity index (χ2n) is 8.27. The molecular formula is C21H28N6O2. The third-order valence-electron chi connectivity index (χ3n) is 5.60. The highest BCUT2D eigenvalue weighted by Gasteiger charge is 2.42.